The number of hydrogen-bond acceptors (Lipinski definition) is 6. The molecular weight excluding hydrogens is 452 g/mol. The van der Waals surface area contributed by atoms with Gasteiger partial charge in [-0.15, -0.1) is 0 Å². The van der Waals surface area contributed by atoms with Gasteiger partial charge in [-0.25, -0.2) is 4.79 Å². The van der Waals surface area contributed by atoms with Crippen LogP contribution in [0.3, 0.4) is 0 Å². The lowest BCUT2D eigenvalue weighted by Gasteiger charge is -2.44. The van der Waals surface area contributed by atoms with Gasteiger partial charge in [-0.1, -0.05) is 29.8 Å². The quantitative estimate of drug-likeness (QED) is 0.637. The Morgan fingerprint density at radius 1 is 1.27 bits per heavy atom. The summed E-state index contributed by atoms with van der Waals surface area (Å²) < 4.78 is 11.9. The second kappa shape index (κ2) is 6.70. The van der Waals surface area contributed by atoms with E-state index in [1.165, 1.54) is 0 Å². The number of allylic oxidation sites excluding steroid dienone is 1. The van der Waals surface area contributed by atoms with E-state index in [1.807, 2.05) is 13.8 Å². The third-order valence-electron chi connectivity index (χ3n) is 5.59. The molecule has 1 amide bonds. The number of hydrogen-bond donors (Lipinski definition) is 2. The third kappa shape index (κ3) is 2.96. The number of nitrogens with one attached hydrogen (secondary N) is 1. The Morgan fingerprint density at radius 3 is 2.63 bits per heavy atom. The first-order chi connectivity index (χ1) is 14.0. The van der Waals surface area contributed by atoms with Crippen molar-refractivity contribution in [2.45, 2.75) is 52.2 Å². The lowest BCUT2D eigenvalue weighted by atomic mass is 9.65. The summed E-state index contributed by atoms with van der Waals surface area (Å²) in [6.45, 7) is 7.38. The van der Waals surface area contributed by atoms with Crippen molar-refractivity contribution in [3.05, 3.63) is 56.6 Å². The molecule has 3 N–H and O–H groups in total. The average molecular weight is 475 g/mol. The van der Waals surface area contributed by atoms with Crippen molar-refractivity contribution in [3.63, 3.8) is 0 Å². The minimum Gasteiger partial charge on any atom is -0.459 e. The van der Waals surface area contributed by atoms with Gasteiger partial charge >= 0.3 is 5.97 Å². The molecule has 2 heterocycles. The van der Waals surface area contributed by atoms with Crippen molar-refractivity contribution in [3.8, 4) is 0 Å². The van der Waals surface area contributed by atoms with Crippen molar-refractivity contribution < 1.29 is 23.9 Å². The molecule has 0 aromatic heterocycles. The number of halogens is 1. The highest BCUT2D eigenvalue weighted by Gasteiger charge is 2.59. The van der Waals surface area contributed by atoms with E-state index in [-0.39, 0.29) is 40.7 Å². The number of amides is 1. The average Bonchev–Trinajstić information content (AvgIpc) is 2.88. The Balaban J connectivity index is 2.05. The second-order valence-electron chi connectivity index (χ2n) is 8.94. The van der Waals surface area contributed by atoms with E-state index in [1.54, 1.807) is 32.0 Å². The number of esters is 1. The smallest absolute Gasteiger partial charge is 0.342 e. The van der Waals surface area contributed by atoms with Crippen LogP contribution in [0.15, 0.2) is 45.5 Å². The molecule has 2 aliphatic heterocycles. The summed E-state index contributed by atoms with van der Waals surface area (Å²) in [5.74, 6) is -1.40. The van der Waals surface area contributed by atoms with Gasteiger partial charge in [-0.3, -0.25) is 9.59 Å². The summed E-state index contributed by atoms with van der Waals surface area (Å²) in [6.07, 6.45) is 0.306. The minimum absolute atomic E-state index is 0.00866. The monoisotopic (exact) mass is 474 g/mol. The Hall–Kier alpha value is -2.61. The van der Waals surface area contributed by atoms with Crippen LogP contribution in [0.1, 0.15) is 56.5 Å². The van der Waals surface area contributed by atoms with Gasteiger partial charge in [0.25, 0.3) is 5.91 Å². The minimum atomic E-state index is -1.42. The van der Waals surface area contributed by atoms with Gasteiger partial charge in [-0.2, -0.15) is 0 Å². The molecule has 7 nitrogen and oxygen atoms in total. The Kier molecular flexibility index (Phi) is 4.61. The van der Waals surface area contributed by atoms with E-state index < -0.39 is 17.6 Å². The van der Waals surface area contributed by atoms with E-state index in [0.29, 0.717) is 23.1 Å². The number of Topliss-reactive ketones (excluding diaryl/α,β-unsaturated/α-hetero) is 1. The van der Waals surface area contributed by atoms with E-state index in [9.17, 15) is 14.4 Å². The van der Waals surface area contributed by atoms with Crippen LogP contribution < -0.4 is 11.1 Å². The van der Waals surface area contributed by atoms with Crippen LogP contribution in [0, 0.1) is 5.41 Å². The van der Waals surface area contributed by atoms with Crippen LogP contribution in [0.5, 0.6) is 0 Å². The van der Waals surface area contributed by atoms with Crippen LogP contribution in [0.25, 0.3) is 0 Å². The fourth-order valence-electron chi connectivity index (χ4n) is 4.51. The molecule has 1 aromatic carbocycles. The number of carbonyl (C=O) groups is 3. The van der Waals surface area contributed by atoms with E-state index >= 15 is 0 Å². The molecule has 3 aliphatic rings. The van der Waals surface area contributed by atoms with Crippen molar-refractivity contribution in [2.75, 3.05) is 0 Å². The molecule has 1 atom stereocenters. The normalized spacial score (nSPS) is 24.6. The highest BCUT2D eigenvalue weighted by molar-refractivity contribution is 9.10. The van der Waals surface area contributed by atoms with E-state index in [0.717, 1.165) is 4.47 Å². The predicted molar refractivity (Wildman–Crippen MR) is 112 cm³/mol. The van der Waals surface area contributed by atoms with Crippen LogP contribution in [-0.2, 0) is 24.6 Å². The highest BCUT2D eigenvalue weighted by atomic mass is 79.9. The van der Waals surface area contributed by atoms with Gasteiger partial charge in [0.15, 0.2) is 11.5 Å². The first-order valence-electron chi connectivity index (χ1n) is 9.75. The molecule has 0 bridgehead atoms. The lowest BCUT2D eigenvalue weighted by Crippen LogP contribution is -2.52. The Bertz CT molecular complexity index is 1070. The largest absolute Gasteiger partial charge is 0.459 e. The molecule has 8 heteroatoms. The first kappa shape index (κ1) is 20.7. The SMILES string of the molecule is CC(C)OC(=O)C1=C(N)OC2=C(CC(C)(C)CC2=O)C12NC(=O)c1ccc(Br)cc12. The molecule has 4 rings (SSSR count). The number of benzene rings is 1. The molecule has 1 aliphatic carbocycles. The summed E-state index contributed by atoms with van der Waals surface area (Å²) in [7, 11) is 0. The second-order valence-corrected chi connectivity index (χ2v) is 9.85. The zero-order valence-electron chi connectivity index (χ0n) is 17.2. The van der Waals surface area contributed by atoms with Gasteiger partial charge in [0.1, 0.15) is 11.1 Å². The summed E-state index contributed by atoms with van der Waals surface area (Å²) in [5, 5.41) is 2.97. The van der Waals surface area contributed by atoms with Gasteiger partial charge < -0.3 is 20.5 Å². The zero-order valence-corrected chi connectivity index (χ0v) is 18.8. The number of fused-ring (bicyclic) bond motifs is 3. The zero-order chi connectivity index (χ0) is 22.0. The number of rotatable bonds is 2. The Morgan fingerprint density at radius 2 is 1.97 bits per heavy atom. The van der Waals surface area contributed by atoms with Crippen molar-refractivity contribution >= 4 is 33.6 Å². The summed E-state index contributed by atoms with van der Waals surface area (Å²) in [4.78, 5) is 39.1. The van der Waals surface area contributed by atoms with Crippen molar-refractivity contribution in [1.29, 1.82) is 0 Å². The molecular formula is C22H23BrN2O5. The topological polar surface area (TPSA) is 108 Å². The molecule has 0 saturated carbocycles. The maximum atomic E-state index is 13.2. The number of carbonyl (C=O) groups excluding carboxylic acids is 3. The fourth-order valence-corrected chi connectivity index (χ4v) is 4.88. The molecule has 30 heavy (non-hydrogen) atoms. The molecule has 158 valence electrons. The van der Waals surface area contributed by atoms with Gasteiger partial charge in [-0.05, 0) is 43.9 Å². The Labute approximate surface area is 182 Å². The molecule has 0 radical (unpaired) electrons. The van der Waals surface area contributed by atoms with E-state index in [2.05, 4.69) is 21.2 Å². The van der Waals surface area contributed by atoms with Crippen LogP contribution in [0.4, 0.5) is 0 Å². The van der Waals surface area contributed by atoms with Gasteiger partial charge in [0, 0.05) is 27.6 Å². The third-order valence-corrected chi connectivity index (χ3v) is 6.08. The molecule has 1 spiro atoms. The van der Waals surface area contributed by atoms with Crippen LogP contribution in [0.2, 0.25) is 0 Å². The van der Waals surface area contributed by atoms with Gasteiger partial charge in [0.2, 0.25) is 5.88 Å². The molecule has 0 fully saturated rings. The number of ether oxygens (including phenoxy) is 2. The van der Waals surface area contributed by atoms with Crippen molar-refractivity contribution in [1.82, 2.24) is 5.32 Å². The molecule has 1 aromatic rings. The fraction of sp³-hybridized carbons (Fsp3) is 0.409. The summed E-state index contributed by atoms with van der Waals surface area (Å²) >= 11 is 3.45. The number of nitrogens with two attached hydrogens (primary N) is 1. The highest BCUT2D eigenvalue weighted by Crippen LogP contribution is 2.54. The molecule has 0 saturated heterocycles. The lowest BCUT2D eigenvalue weighted by molar-refractivity contribution is -0.144. The summed E-state index contributed by atoms with van der Waals surface area (Å²) in [5.41, 5.74) is 5.86. The van der Waals surface area contributed by atoms with Crippen LogP contribution >= 0.6 is 15.9 Å². The molecule has 1 unspecified atom stereocenters. The predicted octanol–water partition coefficient (Wildman–Crippen LogP) is 3.18. The van der Waals surface area contributed by atoms with E-state index in [4.69, 9.17) is 15.2 Å². The maximum Gasteiger partial charge on any atom is 0.342 e. The van der Waals surface area contributed by atoms with Crippen LogP contribution in [-0.4, -0.2) is 23.8 Å². The maximum absolute atomic E-state index is 13.2. The van der Waals surface area contributed by atoms with Gasteiger partial charge in [0.05, 0.1) is 6.10 Å². The summed E-state index contributed by atoms with van der Waals surface area (Å²) in [6, 6.07) is 5.20. The van der Waals surface area contributed by atoms with Crippen molar-refractivity contribution in [2.24, 2.45) is 11.1 Å². The first-order valence-corrected chi connectivity index (χ1v) is 10.5. The standard InChI is InChI=1S/C22H23BrN2O5/c1-10(2)29-20(28)16-18(24)30-17-14(8-21(3,4)9-15(17)26)22(16)13-7-11(23)5-6-12(13)19(27)25-22/h5-7,10H,8-9,24H2,1-4H3,(H,25,27). The number of ketones is 1.